The Balaban J connectivity index is 3.03. The number of hydrogen-bond donors (Lipinski definition) is 0. The van der Waals surface area contributed by atoms with Crippen molar-refractivity contribution in [3.05, 3.63) is 46.0 Å². The van der Waals surface area contributed by atoms with E-state index < -0.39 is 0 Å². The van der Waals surface area contributed by atoms with Gasteiger partial charge in [-0.15, -0.1) is 0 Å². The lowest BCUT2D eigenvalue weighted by Crippen LogP contribution is -2.20. The Bertz CT molecular complexity index is 453. The minimum Gasteiger partial charge on any atom is -0.309 e. The first-order valence-electron chi connectivity index (χ1n) is 6.01. The zero-order valence-electron chi connectivity index (χ0n) is 11.4. The third kappa shape index (κ3) is 3.67. The summed E-state index contributed by atoms with van der Waals surface area (Å²) >= 11 is 0. The number of non-ortho nitro benzene ring substituents is 1. The molecule has 0 heterocycles. The van der Waals surface area contributed by atoms with E-state index in [-0.39, 0.29) is 10.6 Å². The number of nitro benzene ring substituents is 1. The summed E-state index contributed by atoms with van der Waals surface area (Å²) in [6.45, 7) is 5.02. The van der Waals surface area contributed by atoms with E-state index in [1.165, 1.54) is 6.07 Å². The van der Waals surface area contributed by atoms with Crippen molar-refractivity contribution >= 4 is 11.3 Å². The molecule has 0 unspecified atom stereocenters. The first-order chi connectivity index (χ1) is 8.45. The number of benzene rings is 1. The molecule has 0 aliphatic carbocycles. The number of nitrogens with zero attached hydrogens (tertiary/aromatic N) is 2. The van der Waals surface area contributed by atoms with E-state index in [1.807, 2.05) is 33.2 Å². The highest BCUT2D eigenvalue weighted by Gasteiger charge is 2.14. The Morgan fingerprint density at radius 2 is 2.17 bits per heavy atom. The van der Waals surface area contributed by atoms with Gasteiger partial charge in [-0.2, -0.15) is 0 Å². The molecule has 0 fully saturated rings. The van der Waals surface area contributed by atoms with Crippen LogP contribution in [0.5, 0.6) is 0 Å². The van der Waals surface area contributed by atoms with Crippen molar-refractivity contribution in [3.8, 4) is 0 Å². The van der Waals surface area contributed by atoms with E-state index in [9.17, 15) is 10.1 Å². The molecule has 0 spiro atoms. The molecule has 98 valence electrons. The van der Waals surface area contributed by atoms with Crippen molar-refractivity contribution in [1.29, 1.82) is 0 Å². The Hall–Kier alpha value is -1.68. The highest BCUT2D eigenvalue weighted by atomic mass is 16.6. The van der Waals surface area contributed by atoms with E-state index in [1.54, 1.807) is 12.1 Å². The van der Waals surface area contributed by atoms with E-state index in [0.717, 1.165) is 17.7 Å². The molecule has 1 rings (SSSR count). The molecule has 1 aromatic carbocycles. The summed E-state index contributed by atoms with van der Waals surface area (Å²) in [5.41, 5.74) is 2.22. The summed E-state index contributed by atoms with van der Waals surface area (Å²) in [4.78, 5) is 12.6. The van der Waals surface area contributed by atoms with Crippen molar-refractivity contribution < 1.29 is 4.92 Å². The van der Waals surface area contributed by atoms with Gasteiger partial charge in [0.15, 0.2) is 0 Å². The number of hydrogen-bond acceptors (Lipinski definition) is 3. The topological polar surface area (TPSA) is 46.4 Å². The molecular formula is C14H20N2O2. The molecule has 0 bridgehead atoms. The standard InChI is InChI=1S/C14H20N2O2/c1-5-14(11(2)10-15(3)4)12-7-6-8-13(9-12)16(17)18/h5-9,11H,10H2,1-4H3/b14-5-/t11-/m0/s1. The second-order valence-electron chi connectivity index (χ2n) is 4.71. The van der Waals surface area contributed by atoms with Crippen molar-refractivity contribution in [2.75, 3.05) is 20.6 Å². The van der Waals surface area contributed by atoms with Gasteiger partial charge in [-0.3, -0.25) is 10.1 Å². The van der Waals surface area contributed by atoms with E-state index in [2.05, 4.69) is 11.8 Å². The monoisotopic (exact) mass is 248 g/mol. The van der Waals surface area contributed by atoms with Crippen LogP contribution in [0.4, 0.5) is 5.69 Å². The molecule has 4 heteroatoms. The molecule has 4 nitrogen and oxygen atoms in total. The van der Waals surface area contributed by atoms with Gasteiger partial charge in [0, 0.05) is 18.7 Å². The fourth-order valence-corrected chi connectivity index (χ4v) is 2.18. The molecule has 0 saturated heterocycles. The highest BCUT2D eigenvalue weighted by molar-refractivity contribution is 5.68. The SMILES string of the molecule is C/C=C(\c1cccc([N+](=O)[O-])c1)[C@@H](C)CN(C)C. The molecule has 0 aliphatic rings. The minimum atomic E-state index is -0.354. The summed E-state index contributed by atoms with van der Waals surface area (Å²) in [5.74, 6) is 0.340. The molecule has 18 heavy (non-hydrogen) atoms. The molecule has 1 aromatic rings. The minimum absolute atomic E-state index is 0.143. The third-order valence-corrected chi connectivity index (χ3v) is 2.87. The Morgan fingerprint density at radius 1 is 1.50 bits per heavy atom. The van der Waals surface area contributed by atoms with Crippen molar-refractivity contribution in [1.82, 2.24) is 4.90 Å². The van der Waals surface area contributed by atoms with Gasteiger partial charge < -0.3 is 4.90 Å². The second kappa shape index (κ2) is 6.31. The average Bonchev–Trinajstić information content (AvgIpc) is 2.29. The lowest BCUT2D eigenvalue weighted by Gasteiger charge is -2.20. The largest absolute Gasteiger partial charge is 0.309 e. The van der Waals surface area contributed by atoms with Gasteiger partial charge in [0.2, 0.25) is 0 Å². The lowest BCUT2D eigenvalue weighted by atomic mass is 9.93. The van der Waals surface area contributed by atoms with E-state index >= 15 is 0 Å². The highest BCUT2D eigenvalue weighted by Crippen LogP contribution is 2.26. The maximum atomic E-state index is 10.8. The van der Waals surface area contributed by atoms with Crippen LogP contribution in [-0.2, 0) is 0 Å². The zero-order valence-corrected chi connectivity index (χ0v) is 11.4. The number of rotatable bonds is 5. The van der Waals surface area contributed by atoms with Gasteiger partial charge in [-0.25, -0.2) is 0 Å². The third-order valence-electron chi connectivity index (χ3n) is 2.87. The summed E-state index contributed by atoms with van der Waals surface area (Å²) in [6, 6.07) is 6.82. The van der Waals surface area contributed by atoms with Crippen LogP contribution in [0, 0.1) is 16.0 Å². The maximum absolute atomic E-state index is 10.8. The quantitative estimate of drug-likeness (QED) is 0.594. The van der Waals surface area contributed by atoms with Crippen LogP contribution in [0.15, 0.2) is 30.3 Å². The Kier molecular flexibility index (Phi) is 5.04. The average molecular weight is 248 g/mol. The number of allylic oxidation sites excluding steroid dienone is 1. The predicted molar refractivity (Wildman–Crippen MR) is 74.5 cm³/mol. The van der Waals surface area contributed by atoms with E-state index in [0.29, 0.717) is 5.92 Å². The Labute approximate surface area is 108 Å². The van der Waals surface area contributed by atoms with Crippen LogP contribution in [0.3, 0.4) is 0 Å². The van der Waals surface area contributed by atoms with Gasteiger partial charge in [0.1, 0.15) is 0 Å². The first kappa shape index (κ1) is 14.4. The van der Waals surface area contributed by atoms with Gasteiger partial charge >= 0.3 is 0 Å². The van der Waals surface area contributed by atoms with Gasteiger partial charge in [0.25, 0.3) is 5.69 Å². The smallest absolute Gasteiger partial charge is 0.270 e. The van der Waals surface area contributed by atoms with Crippen LogP contribution >= 0.6 is 0 Å². The van der Waals surface area contributed by atoms with Crippen LogP contribution in [0.25, 0.3) is 5.57 Å². The fraction of sp³-hybridized carbons (Fsp3) is 0.429. The second-order valence-corrected chi connectivity index (χ2v) is 4.71. The van der Waals surface area contributed by atoms with E-state index in [4.69, 9.17) is 0 Å². The first-order valence-corrected chi connectivity index (χ1v) is 6.01. The van der Waals surface area contributed by atoms with Gasteiger partial charge in [0.05, 0.1) is 4.92 Å². The maximum Gasteiger partial charge on any atom is 0.270 e. The van der Waals surface area contributed by atoms with Gasteiger partial charge in [-0.1, -0.05) is 25.1 Å². The summed E-state index contributed by atoms with van der Waals surface area (Å²) in [6.07, 6.45) is 2.03. The predicted octanol–water partition coefficient (Wildman–Crippen LogP) is 3.20. The zero-order chi connectivity index (χ0) is 13.7. The molecule has 0 aliphatic heterocycles. The van der Waals surface area contributed by atoms with Crippen molar-refractivity contribution in [2.24, 2.45) is 5.92 Å². The lowest BCUT2D eigenvalue weighted by molar-refractivity contribution is -0.384. The molecule has 1 atom stereocenters. The molecule has 0 saturated carbocycles. The number of nitro groups is 1. The van der Waals surface area contributed by atoms with Crippen LogP contribution in [0.1, 0.15) is 19.4 Å². The summed E-state index contributed by atoms with van der Waals surface area (Å²) in [7, 11) is 4.05. The van der Waals surface area contributed by atoms with Crippen LogP contribution in [0.2, 0.25) is 0 Å². The molecule has 0 radical (unpaired) electrons. The molecule has 0 aromatic heterocycles. The summed E-state index contributed by atoms with van der Waals surface area (Å²) < 4.78 is 0. The van der Waals surface area contributed by atoms with Crippen LogP contribution < -0.4 is 0 Å². The van der Waals surface area contributed by atoms with Crippen molar-refractivity contribution in [2.45, 2.75) is 13.8 Å². The summed E-state index contributed by atoms with van der Waals surface area (Å²) in [5, 5.41) is 10.8. The Morgan fingerprint density at radius 3 is 2.67 bits per heavy atom. The molecule has 0 amide bonds. The van der Waals surface area contributed by atoms with Crippen LogP contribution in [-0.4, -0.2) is 30.5 Å². The fourth-order valence-electron chi connectivity index (χ4n) is 2.18. The molecular weight excluding hydrogens is 228 g/mol. The normalized spacial score (nSPS) is 13.7. The van der Waals surface area contributed by atoms with Crippen molar-refractivity contribution in [3.63, 3.8) is 0 Å². The molecule has 0 N–H and O–H groups in total. The van der Waals surface area contributed by atoms with Gasteiger partial charge in [-0.05, 0) is 38.1 Å².